The van der Waals surface area contributed by atoms with Crippen LogP contribution in [0.15, 0.2) is 6.20 Å². The first-order valence-corrected chi connectivity index (χ1v) is 5.05. The molecule has 0 aliphatic heterocycles. The molecule has 0 saturated carbocycles. The quantitative estimate of drug-likeness (QED) is 0.776. The van der Waals surface area contributed by atoms with Crippen molar-refractivity contribution < 1.29 is 9.47 Å². The van der Waals surface area contributed by atoms with Crippen molar-refractivity contribution in [3.63, 3.8) is 0 Å². The van der Waals surface area contributed by atoms with E-state index in [9.17, 15) is 0 Å². The molecule has 1 unspecified atom stereocenters. The van der Waals surface area contributed by atoms with Crippen LogP contribution >= 0.6 is 11.6 Å². The Balaban J connectivity index is 2.97. The van der Waals surface area contributed by atoms with Crippen molar-refractivity contribution >= 4 is 11.6 Å². The number of hydrogen-bond acceptors (Lipinski definition) is 4. The van der Waals surface area contributed by atoms with Crippen molar-refractivity contribution in [2.45, 2.75) is 25.8 Å². The number of hydrogen-bond donors (Lipinski definition) is 1. The third-order valence-electron chi connectivity index (χ3n) is 2.21. The van der Waals surface area contributed by atoms with Crippen LogP contribution in [0.3, 0.4) is 0 Å². The molecule has 0 saturated heterocycles. The summed E-state index contributed by atoms with van der Waals surface area (Å²) in [5.74, 6) is 0. The molecule has 0 radical (unpaired) electrons. The highest BCUT2D eigenvalue weighted by Gasteiger charge is 2.24. The van der Waals surface area contributed by atoms with E-state index in [4.69, 9.17) is 26.8 Å². The van der Waals surface area contributed by atoms with Gasteiger partial charge in [-0.15, -0.1) is 0 Å². The van der Waals surface area contributed by atoms with Crippen LogP contribution in [0, 0.1) is 0 Å². The fourth-order valence-corrected chi connectivity index (χ4v) is 1.74. The molecule has 0 fully saturated rings. The Kier molecular flexibility index (Phi) is 4.53. The van der Waals surface area contributed by atoms with Gasteiger partial charge < -0.3 is 15.2 Å². The van der Waals surface area contributed by atoms with Gasteiger partial charge in [0.25, 0.3) is 0 Å². The summed E-state index contributed by atoms with van der Waals surface area (Å²) in [6.45, 7) is 2.67. The lowest BCUT2D eigenvalue weighted by molar-refractivity contribution is -0.118. The lowest BCUT2D eigenvalue weighted by Crippen LogP contribution is -2.31. The summed E-state index contributed by atoms with van der Waals surface area (Å²) in [4.78, 5) is 0. The van der Waals surface area contributed by atoms with Crippen molar-refractivity contribution in [2.24, 2.45) is 5.73 Å². The number of ether oxygens (including phenoxy) is 2. The topological polar surface area (TPSA) is 62.3 Å². The Morgan fingerprint density at radius 3 is 2.60 bits per heavy atom. The molecule has 1 aromatic rings. The highest BCUT2D eigenvalue weighted by atomic mass is 35.5. The normalized spacial score (nSPS) is 13.5. The minimum absolute atomic E-state index is 0.449. The lowest BCUT2D eigenvalue weighted by atomic mass is 10.2. The van der Waals surface area contributed by atoms with E-state index in [1.54, 1.807) is 10.9 Å². The fraction of sp³-hybridized carbons (Fsp3) is 0.667. The molecule has 5 nitrogen and oxygen atoms in total. The van der Waals surface area contributed by atoms with Gasteiger partial charge in [0, 0.05) is 20.8 Å². The molecule has 0 aromatic carbocycles. The molecule has 0 amide bonds. The number of methoxy groups -OCH3 is 2. The summed E-state index contributed by atoms with van der Waals surface area (Å²) in [6, 6.07) is -0.449. The van der Waals surface area contributed by atoms with Gasteiger partial charge in [-0.2, -0.15) is 5.10 Å². The SMILES string of the molecule is CCn1ncc(Cl)c1C(N)C(OC)OC. The van der Waals surface area contributed by atoms with E-state index in [-0.39, 0.29) is 0 Å². The Labute approximate surface area is 94.1 Å². The summed E-state index contributed by atoms with van der Waals surface area (Å²) in [5, 5.41) is 4.63. The van der Waals surface area contributed by atoms with Crippen molar-refractivity contribution in [2.75, 3.05) is 14.2 Å². The zero-order valence-corrected chi connectivity index (χ0v) is 9.86. The predicted molar refractivity (Wildman–Crippen MR) is 57.6 cm³/mol. The molecule has 6 heteroatoms. The van der Waals surface area contributed by atoms with Crippen LogP contribution < -0.4 is 5.73 Å². The first-order valence-electron chi connectivity index (χ1n) is 4.68. The second-order valence-electron chi connectivity index (χ2n) is 3.06. The number of nitrogens with zero attached hydrogens (tertiary/aromatic N) is 2. The summed E-state index contributed by atoms with van der Waals surface area (Å²) < 4.78 is 11.9. The van der Waals surface area contributed by atoms with Gasteiger partial charge in [-0.1, -0.05) is 11.6 Å². The van der Waals surface area contributed by atoms with Gasteiger partial charge in [-0.05, 0) is 6.92 Å². The molecular weight excluding hydrogens is 218 g/mol. The lowest BCUT2D eigenvalue weighted by Gasteiger charge is -2.21. The average molecular weight is 234 g/mol. The van der Waals surface area contributed by atoms with E-state index in [0.717, 1.165) is 5.69 Å². The van der Waals surface area contributed by atoms with Gasteiger partial charge in [0.1, 0.15) is 0 Å². The van der Waals surface area contributed by atoms with Crippen molar-refractivity contribution in [1.29, 1.82) is 0 Å². The molecule has 0 aliphatic carbocycles. The van der Waals surface area contributed by atoms with Crippen LogP contribution in [0.25, 0.3) is 0 Å². The van der Waals surface area contributed by atoms with E-state index < -0.39 is 12.3 Å². The van der Waals surface area contributed by atoms with Gasteiger partial charge in [0.05, 0.1) is 23.0 Å². The second kappa shape index (κ2) is 5.46. The van der Waals surface area contributed by atoms with Gasteiger partial charge in [0.15, 0.2) is 6.29 Å². The van der Waals surface area contributed by atoms with Crippen LogP contribution in [-0.2, 0) is 16.0 Å². The van der Waals surface area contributed by atoms with Crippen molar-refractivity contribution in [3.8, 4) is 0 Å². The smallest absolute Gasteiger partial charge is 0.177 e. The average Bonchev–Trinajstić information content (AvgIpc) is 2.61. The van der Waals surface area contributed by atoms with Crippen LogP contribution in [0.2, 0.25) is 5.02 Å². The van der Waals surface area contributed by atoms with Crippen LogP contribution in [0.1, 0.15) is 18.7 Å². The van der Waals surface area contributed by atoms with Gasteiger partial charge in [0.2, 0.25) is 0 Å². The first kappa shape index (κ1) is 12.4. The Hall–Kier alpha value is -0.620. The standard InChI is InChI=1S/C9H16ClN3O2/c1-4-13-8(6(10)5-12-13)7(11)9(14-2)15-3/h5,7,9H,4,11H2,1-3H3. The zero-order chi connectivity index (χ0) is 11.4. The Morgan fingerprint density at radius 1 is 1.53 bits per heavy atom. The molecule has 1 aromatic heterocycles. The Bertz CT molecular complexity index is 312. The number of rotatable bonds is 5. The summed E-state index contributed by atoms with van der Waals surface area (Å²) >= 11 is 6.00. The minimum atomic E-state index is -0.524. The molecule has 15 heavy (non-hydrogen) atoms. The van der Waals surface area contributed by atoms with Gasteiger partial charge >= 0.3 is 0 Å². The van der Waals surface area contributed by atoms with Gasteiger partial charge in [-0.3, -0.25) is 4.68 Å². The molecular formula is C9H16ClN3O2. The third-order valence-corrected chi connectivity index (χ3v) is 2.50. The third kappa shape index (κ3) is 2.49. The highest BCUT2D eigenvalue weighted by Crippen LogP contribution is 2.24. The van der Waals surface area contributed by atoms with Crippen molar-refractivity contribution in [3.05, 3.63) is 16.9 Å². The molecule has 0 aliphatic rings. The predicted octanol–water partition coefficient (Wildman–Crippen LogP) is 1.18. The van der Waals surface area contributed by atoms with E-state index in [1.165, 1.54) is 14.2 Å². The first-order chi connectivity index (χ1) is 7.15. The molecule has 0 spiro atoms. The number of halogens is 1. The minimum Gasteiger partial charge on any atom is -0.354 e. The maximum absolute atomic E-state index is 6.00. The maximum Gasteiger partial charge on any atom is 0.177 e. The summed E-state index contributed by atoms with van der Waals surface area (Å²) in [6.07, 6.45) is 1.05. The van der Waals surface area contributed by atoms with Gasteiger partial charge in [-0.25, -0.2) is 0 Å². The zero-order valence-electron chi connectivity index (χ0n) is 9.11. The monoisotopic (exact) mass is 233 g/mol. The molecule has 1 heterocycles. The molecule has 2 N–H and O–H groups in total. The summed E-state index contributed by atoms with van der Waals surface area (Å²) in [7, 11) is 3.07. The second-order valence-corrected chi connectivity index (χ2v) is 3.47. The molecule has 1 atom stereocenters. The summed E-state index contributed by atoms with van der Waals surface area (Å²) in [5.41, 5.74) is 6.72. The van der Waals surface area contributed by atoms with E-state index in [0.29, 0.717) is 11.6 Å². The number of aromatic nitrogens is 2. The van der Waals surface area contributed by atoms with Crippen LogP contribution in [0.4, 0.5) is 0 Å². The van der Waals surface area contributed by atoms with E-state index >= 15 is 0 Å². The molecule has 0 bridgehead atoms. The van der Waals surface area contributed by atoms with Crippen LogP contribution in [-0.4, -0.2) is 30.3 Å². The maximum atomic E-state index is 6.00. The highest BCUT2D eigenvalue weighted by molar-refractivity contribution is 6.31. The fourth-order valence-electron chi connectivity index (χ4n) is 1.47. The number of aryl methyl sites for hydroxylation is 1. The van der Waals surface area contributed by atoms with Crippen molar-refractivity contribution in [1.82, 2.24) is 9.78 Å². The molecule has 1 rings (SSSR count). The Morgan fingerprint density at radius 2 is 2.13 bits per heavy atom. The number of nitrogens with two attached hydrogens (primary N) is 1. The largest absolute Gasteiger partial charge is 0.354 e. The van der Waals surface area contributed by atoms with Crippen LogP contribution in [0.5, 0.6) is 0 Å². The molecule has 86 valence electrons. The van der Waals surface area contributed by atoms with E-state index in [1.807, 2.05) is 6.92 Å². The van der Waals surface area contributed by atoms with E-state index in [2.05, 4.69) is 5.10 Å².